The highest BCUT2D eigenvalue weighted by molar-refractivity contribution is 6.02. The highest BCUT2D eigenvalue weighted by atomic mass is 16.3. The van der Waals surface area contributed by atoms with E-state index in [0.29, 0.717) is 24.1 Å². The molecule has 0 radical (unpaired) electrons. The summed E-state index contributed by atoms with van der Waals surface area (Å²) in [7, 11) is 0. The van der Waals surface area contributed by atoms with Crippen LogP contribution < -0.4 is 10.6 Å². The summed E-state index contributed by atoms with van der Waals surface area (Å²) >= 11 is 0. The van der Waals surface area contributed by atoms with E-state index in [0.717, 1.165) is 17.7 Å². The molecule has 1 aliphatic rings. The van der Waals surface area contributed by atoms with Gasteiger partial charge in [0.1, 0.15) is 0 Å². The van der Waals surface area contributed by atoms with Gasteiger partial charge in [0.2, 0.25) is 0 Å². The molecule has 2 aromatic carbocycles. The Balaban J connectivity index is 1.80. The van der Waals surface area contributed by atoms with Crippen LogP contribution in [0.4, 0.5) is 0 Å². The van der Waals surface area contributed by atoms with E-state index in [1.807, 2.05) is 24.3 Å². The smallest absolute Gasteiger partial charge is 0.251 e. The number of carbonyl (C=O) groups excluding carboxylic acids is 2. The minimum Gasteiger partial charge on any atom is -0.387 e. The monoisotopic (exact) mass is 338 g/mol. The fourth-order valence-corrected chi connectivity index (χ4v) is 3.10. The number of β-amino-alcohol motifs (C(OH)–C–C–N with tert-alkyl or cyclic N) is 1. The molecular weight excluding hydrogens is 316 g/mol. The SMILES string of the molecule is CC(=O)c1ccccc1-c1cccc(C(=O)NC[C@@]2(O)CCNC2)c1. The van der Waals surface area contributed by atoms with Crippen LogP contribution in [0.15, 0.2) is 48.5 Å². The molecule has 0 aromatic heterocycles. The van der Waals surface area contributed by atoms with Gasteiger partial charge in [-0.25, -0.2) is 0 Å². The maximum absolute atomic E-state index is 12.4. The molecule has 1 aliphatic heterocycles. The predicted octanol–water partition coefficient (Wildman–Crippen LogP) is 2.01. The third-order valence-corrected chi connectivity index (χ3v) is 4.54. The van der Waals surface area contributed by atoms with Crippen molar-refractivity contribution in [3.05, 3.63) is 59.7 Å². The van der Waals surface area contributed by atoms with Gasteiger partial charge in [-0.3, -0.25) is 9.59 Å². The standard InChI is InChI=1S/C20H22N2O3/c1-14(23)17-7-2-3-8-18(17)15-5-4-6-16(11-15)19(24)22-13-20(25)9-10-21-12-20/h2-8,11,21,25H,9-10,12-13H2,1H3,(H,22,24)/t20-/m1/s1. The van der Waals surface area contributed by atoms with Gasteiger partial charge in [0, 0.05) is 24.2 Å². The Morgan fingerprint density at radius 1 is 1.20 bits per heavy atom. The average Bonchev–Trinajstić information content (AvgIpc) is 3.07. The fraction of sp³-hybridized carbons (Fsp3) is 0.300. The molecule has 2 aromatic rings. The van der Waals surface area contributed by atoms with Crippen LogP contribution in [0.2, 0.25) is 0 Å². The fourth-order valence-electron chi connectivity index (χ4n) is 3.10. The maximum atomic E-state index is 12.4. The van der Waals surface area contributed by atoms with Crippen LogP contribution >= 0.6 is 0 Å². The topological polar surface area (TPSA) is 78.4 Å². The van der Waals surface area contributed by atoms with Crippen LogP contribution in [0.5, 0.6) is 0 Å². The van der Waals surface area contributed by atoms with Crippen molar-refractivity contribution in [2.75, 3.05) is 19.6 Å². The lowest BCUT2D eigenvalue weighted by molar-refractivity contribution is 0.0562. The van der Waals surface area contributed by atoms with Crippen molar-refractivity contribution < 1.29 is 14.7 Å². The summed E-state index contributed by atoms with van der Waals surface area (Å²) in [5.41, 5.74) is 1.88. The first-order valence-electron chi connectivity index (χ1n) is 8.40. The molecule has 5 nitrogen and oxygen atoms in total. The van der Waals surface area contributed by atoms with E-state index in [1.165, 1.54) is 6.92 Å². The second-order valence-corrected chi connectivity index (χ2v) is 6.52. The second kappa shape index (κ2) is 7.17. The first-order chi connectivity index (χ1) is 12.0. The molecule has 0 saturated carbocycles. The van der Waals surface area contributed by atoms with Gasteiger partial charge < -0.3 is 15.7 Å². The summed E-state index contributed by atoms with van der Waals surface area (Å²) in [5.74, 6) is -0.246. The molecule has 5 heteroatoms. The molecular formula is C20H22N2O3. The zero-order chi connectivity index (χ0) is 17.9. The average molecular weight is 338 g/mol. The van der Waals surface area contributed by atoms with Gasteiger partial charge in [0.25, 0.3) is 5.91 Å². The van der Waals surface area contributed by atoms with Gasteiger partial charge in [0.15, 0.2) is 5.78 Å². The number of hydrogen-bond acceptors (Lipinski definition) is 4. The molecule has 1 saturated heterocycles. The van der Waals surface area contributed by atoms with Gasteiger partial charge >= 0.3 is 0 Å². The number of aliphatic hydroxyl groups is 1. The second-order valence-electron chi connectivity index (χ2n) is 6.52. The normalized spacial score (nSPS) is 19.6. The molecule has 1 heterocycles. The van der Waals surface area contributed by atoms with Crippen LogP contribution in [-0.2, 0) is 0 Å². The van der Waals surface area contributed by atoms with Crippen molar-refractivity contribution >= 4 is 11.7 Å². The van der Waals surface area contributed by atoms with Crippen LogP contribution in [0.1, 0.15) is 34.1 Å². The van der Waals surface area contributed by atoms with Crippen LogP contribution in [0.3, 0.4) is 0 Å². The minimum absolute atomic E-state index is 0.0126. The lowest BCUT2D eigenvalue weighted by Crippen LogP contribution is -2.44. The predicted molar refractivity (Wildman–Crippen MR) is 96.7 cm³/mol. The molecule has 1 atom stereocenters. The van der Waals surface area contributed by atoms with Crippen LogP contribution in [0, 0.1) is 0 Å². The van der Waals surface area contributed by atoms with E-state index in [1.54, 1.807) is 24.3 Å². The molecule has 25 heavy (non-hydrogen) atoms. The zero-order valence-corrected chi connectivity index (χ0v) is 14.2. The van der Waals surface area contributed by atoms with E-state index in [9.17, 15) is 14.7 Å². The number of amides is 1. The highest BCUT2D eigenvalue weighted by Crippen LogP contribution is 2.25. The third kappa shape index (κ3) is 3.95. The molecule has 0 bridgehead atoms. The minimum atomic E-state index is -0.880. The van der Waals surface area contributed by atoms with Crippen LogP contribution in [-0.4, -0.2) is 42.0 Å². The highest BCUT2D eigenvalue weighted by Gasteiger charge is 2.31. The summed E-state index contributed by atoms with van der Waals surface area (Å²) in [5, 5.41) is 16.2. The summed E-state index contributed by atoms with van der Waals surface area (Å²) in [6, 6.07) is 14.5. The van der Waals surface area contributed by atoms with Gasteiger partial charge in [-0.1, -0.05) is 36.4 Å². The van der Waals surface area contributed by atoms with Gasteiger partial charge in [-0.05, 0) is 43.1 Å². The van der Waals surface area contributed by atoms with Gasteiger partial charge in [0.05, 0.1) is 5.60 Å². The number of carbonyl (C=O) groups is 2. The maximum Gasteiger partial charge on any atom is 0.251 e. The van der Waals surface area contributed by atoms with Crippen molar-refractivity contribution in [3.8, 4) is 11.1 Å². The number of ketones is 1. The Morgan fingerprint density at radius 3 is 2.72 bits per heavy atom. The van der Waals surface area contributed by atoms with Crippen LogP contribution in [0.25, 0.3) is 11.1 Å². The van der Waals surface area contributed by atoms with Crippen molar-refractivity contribution in [3.63, 3.8) is 0 Å². The summed E-state index contributed by atoms with van der Waals surface area (Å²) < 4.78 is 0. The summed E-state index contributed by atoms with van der Waals surface area (Å²) in [4.78, 5) is 24.3. The lowest BCUT2D eigenvalue weighted by atomic mass is 9.96. The van der Waals surface area contributed by atoms with Crippen molar-refractivity contribution in [2.45, 2.75) is 18.9 Å². The van der Waals surface area contributed by atoms with Crippen molar-refractivity contribution in [2.24, 2.45) is 0 Å². The van der Waals surface area contributed by atoms with E-state index in [2.05, 4.69) is 10.6 Å². The quantitative estimate of drug-likeness (QED) is 0.729. The molecule has 0 unspecified atom stereocenters. The molecule has 3 rings (SSSR count). The molecule has 0 aliphatic carbocycles. The largest absolute Gasteiger partial charge is 0.387 e. The third-order valence-electron chi connectivity index (χ3n) is 4.54. The van der Waals surface area contributed by atoms with Crippen molar-refractivity contribution in [1.29, 1.82) is 0 Å². The first kappa shape index (κ1) is 17.3. The molecule has 130 valence electrons. The Hall–Kier alpha value is -2.50. The number of nitrogens with one attached hydrogen (secondary N) is 2. The van der Waals surface area contributed by atoms with E-state index < -0.39 is 5.60 Å². The summed E-state index contributed by atoms with van der Waals surface area (Å²) in [6.07, 6.45) is 0.624. The van der Waals surface area contributed by atoms with E-state index >= 15 is 0 Å². The van der Waals surface area contributed by atoms with E-state index in [4.69, 9.17) is 0 Å². The first-order valence-corrected chi connectivity index (χ1v) is 8.40. The molecule has 1 fully saturated rings. The van der Waals surface area contributed by atoms with Gasteiger partial charge in [-0.15, -0.1) is 0 Å². The zero-order valence-electron chi connectivity index (χ0n) is 14.2. The number of rotatable bonds is 5. The number of Topliss-reactive ketones (excluding diaryl/α,β-unsaturated/α-hetero) is 1. The molecule has 1 amide bonds. The van der Waals surface area contributed by atoms with Gasteiger partial charge in [-0.2, -0.15) is 0 Å². The number of benzene rings is 2. The Morgan fingerprint density at radius 2 is 2.00 bits per heavy atom. The number of hydrogen-bond donors (Lipinski definition) is 3. The summed E-state index contributed by atoms with van der Waals surface area (Å²) in [6.45, 7) is 2.99. The Bertz CT molecular complexity index is 795. The molecule has 3 N–H and O–H groups in total. The molecule has 0 spiro atoms. The van der Waals surface area contributed by atoms with E-state index in [-0.39, 0.29) is 18.2 Å². The lowest BCUT2D eigenvalue weighted by Gasteiger charge is -2.21. The van der Waals surface area contributed by atoms with Crippen molar-refractivity contribution in [1.82, 2.24) is 10.6 Å². The Kier molecular flexibility index (Phi) is 4.97. The Labute approximate surface area is 147 Å².